The van der Waals surface area contributed by atoms with Gasteiger partial charge in [-0.25, -0.2) is 0 Å². The van der Waals surface area contributed by atoms with Gasteiger partial charge < -0.3 is 39.1 Å². The van der Waals surface area contributed by atoms with Crippen LogP contribution in [-0.2, 0) is 11.8 Å². The molecule has 2 aromatic heterocycles. The number of halogens is 1. The summed E-state index contributed by atoms with van der Waals surface area (Å²) in [5.74, 6) is 1.12. The summed E-state index contributed by atoms with van der Waals surface area (Å²) in [5, 5.41) is 6.01. The largest absolute Gasteiger partial charge is 0.479 e. The van der Waals surface area contributed by atoms with E-state index in [-0.39, 0.29) is 34.6 Å². The number of furan rings is 1. The summed E-state index contributed by atoms with van der Waals surface area (Å²) >= 11 is 3.78. The van der Waals surface area contributed by atoms with Gasteiger partial charge in [-0.15, -0.1) is 0 Å². The number of fused-ring (bicyclic) bond motifs is 1. The number of ether oxygens (including phenoxy) is 3. The maximum absolute atomic E-state index is 13.2. The molecular weight excluding hydrogens is 616 g/mol. The van der Waals surface area contributed by atoms with Crippen LogP contribution in [0.15, 0.2) is 27.1 Å². The Bertz CT molecular complexity index is 1440. The lowest BCUT2D eigenvalue weighted by Gasteiger charge is -2.32. The SMILES string of the molecule is COc1nc(NCCCN2CCN(C)CC2)nc(OC)c1NC(=O)c1ccc(Oc2c(C)cc3c(c2Br)C(C)(C)CC3)o1. The fraction of sp³-hybridized carbons (Fsp3) is 0.516. The summed E-state index contributed by atoms with van der Waals surface area (Å²) in [4.78, 5) is 26.9. The number of anilines is 2. The van der Waals surface area contributed by atoms with Crippen molar-refractivity contribution in [3.05, 3.63) is 45.1 Å². The summed E-state index contributed by atoms with van der Waals surface area (Å²) in [6, 6.07) is 5.35. The van der Waals surface area contributed by atoms with Crippen molar-refractivity contribution in [1.82, 2.24) is 19.8 Å². The van der Waals surface area contributed by atoms with E-state index in [0.29, 0.717) is 18.2 Å². The summed E-state index contributed by atoms with van der Waals surface area (Å²) in [6.07, 6.45) is 3.07. The van der Waals surface area contributed by atoms with Gasteiger partial charge in [0.2, 0.25) is 17.7 Å². The number of aryl methyl sites for hydroxylation is 2. The Kier molecular flexibility index (Phi) is 9.48. The number of carbonyl (C=O) groups is 1. The Balaban J connectivity index is 1.24. The number of hydrogen-bond acceptors (Lipinski definition) is 10. The van der Waals surface area contributed by atoms with E-state index in [0.717, 1.165) is 62.0 Å². The topological polar surface area (TPSA) is 114 Å². The summed E-state index contributed by atoms with van der Waals surface area (Å²) in [7, 11) is 5.11. The van der Waals surface area contributed by atoms with Crippen LogP contribution >= 0.6 is 15.9 Å². The van der Waals surface area contributed by atoms with Crippen LogP contribution in [0.4, 0.5) is 11.6 Å². The average Bonchev–Trinajstić information content (AvgIpc) is 3.58. The second kappa shape index (κ2) is 13.1. The van der Waals surface area contributed by atoms with Gasteiger partial charge >= 0.3 is 0 Å². The third-order valence-electron chi connectivity index (χ3n) is 8.19. The van der Waals surface area contributed by atoms with Crippen LogP contribution in [0.3, 0.4) is 0 Å². The van der Waals surface area contributed by atoms with Gasteiger partial charge in [0.25, 0.3) is 11.9 Å². The Morgan fingerprint density at radius 1 is 1.12 bits per heavy atom. The van der Waals surface area contributed by atoms with Gasteiger partial charge in [-0.3, -0.25) is 4.79 Å². The zero-order chi connectivity index (χ0) is 30.7. The van der Waals surface area contributed by atoms with Crippen LogP contribution in [0, 0.1) is 6.92 Å². The molecule has 1 saturated heterocycles. The highest BCUT2D eigenvalue weighted by Gasteiger charge is 2.34. The standard InChI is InChI=1S/C31H41BrN6O5/c1-19-18-20-10-11-31(2,3)23(20)24(32)26(19)43-22-9-8-21(42-22)27(39)34-25-28(40-5)35-30(36-29(25)41-6)33-12-7-13-38-16-14-37(4)15-17-38/h8-9,18H,7,10-17H2,1-6H3,(H,34,39)(H,33,35,36). The quantitative estimate of drug-likeness (QED) is 0.257. The molecule has 2 N–H and O–H groups in total. The van der Waals surface area contributed by atoms with Crippen molar-refractivity contribution in [2.24, 2.45) is 0 Å². The van der Waals surface area contributed by atoms with E-state index in [2.05, 4.69) is 73.3 Å². The van der Waals surface area contributed by atoms with Crippen molar-refractivity contribution in [2.75, 3.05) is 71.2 Å². The van der Waals surface area contributed by atoms with E-state index in [9.17, 15) is 4.79 Å². The Morgan fingerprint density at radius 2 is 1.81 bits per heavy atom. The highest BCUT2D eigenvalue weighted by atomic mass is 79.9. The van der Waals surface area contributed by atoms with E-state index in [1.807, 2.05) is 6.92 Å². The zero-order valence-corrected chi connectivity index (χ0v) is 27.4. The van der Waals surface area contributed by atoms with E-state index >= 15 is 0 Å². The van der Waals surface area contributed by atoms with Crippen molar-refractivity contribution in [2.45, 2.75) is 45.4 Å². The Labute approximate surface area is 261 Å². The first-order valence-corrected chi connectivity index (χ1v) is 15.4. The van der Waals surface area contributed by atoms with Crippen molar-refractivity contribution in [3.8, 4) is 23.5 Å². The molecule has 1 aromatic carbocycles. The van der Waals surface area contributed by atoms with Gasteiger partial charge in [0.15, 0.2) is 11.4 Å². The molecule has 11 nitrogen and oxygen atoms in total. The number of benzene rings is 1. The molecule has 0 unspecified atom stereocenters. The number of rotatable bonds is 11. The van der Waals surface area contributed by atoms with Crippen molar-refractivity contribution < 1.29 is 23.4 Å². The zero-order valence-electron chi connectivity index (χ0n) is 25.8. The van der Waals surface area contributed by atoms with Gasteiger partial charge in [0, 0.05) is 38.8 Å². The second-order valence-corrected chi connectivity index (χ2v) is 12.6. The number of aromatic nitrogens is 2. The molecule has 43 heavy (non-hydrogen) atoms. The van der Waals surface area contributed by atoms with E-state index in [1.54, 1.807) is 12.1 Å². The molecule has 0 spiro atoms. The molecule has 232 valence electrons. The second-order valence-electron chi connectivity index (χ2n) is 11.8. The first kappa shape index (κ1) is 31.1. The minimum absolute atomic E-state index is 0.0457. The number of likely N-dealkylation sites (N-methyl/N-ethyl adjacent to an activating group) is 1. The molecule has 1 amide bonds. The maximum Gasteiger partial charge on any atom is 0.291 e. The van der Waals surface area contributed by atoms with Crippen LogP contribution < -0.4 is 24.8 Å². The molecule has 3 aromatic rings. The predicted molar refractivity (Wildman–Crippen MR) is 169 cm³/mol. The van der Waals surface area contributed by atoms with E-state index < -0.39 is 5.91 Å². The first-order valence-electron chi connectivity index (χ1n) is 14.7. The summed E-state index contributed by atoms with van der Waals surface area (Å²) in [5.41, 5.74) is 3.83. The van der Waals surface area contributed by atoms with E-state index in [4.69, 9.17) is 18.6 Å². The highest BCUT2D eigenvalue weighted by molar-refractivity contribution is 9.10. The molecule has 5 rings (SSSR count). The molecule has 12 heteroatoms. The Hall–Kier alpha value is -3.35. The van der Waals surface area contributed by atoms with Crippen molar-refractivity contribution in [1.29, 1.82) is 0 Å². The van der Waals surface area contributed by atoms with Crippen LogP contribution in [0.25, 0.3) is 0 Å². The molecule has 0 bridgehead atoms. The third-order valence-corrected chi connectivity index (χ3v) is 8.95. The molecule has 2 aliphatic rings. The van der Waals surface area contributed by atoms with Crippen molar-refractivity contribution >= 4 is 33.5 Å². The fourth-order valence-electron chi connectivity index (χ4n) is 5.70. The number of methoxy groups -OCH3 is 2. The first-order chi connectivity index (χ1) is 20.6. The molecule has 3 heterocycles. The lowest BCUT2D eigenvalue weighted by Crippen LogP contribution is -2.44. The smallest absolute Gasteiger partial charge is 0.291 e. The van der Waals surface area contributed by atoms with Gasteiger partial charge in [-0.05, 0) is 83.9 Å². The van der Waals surface area contributed by atoms with Crippen molar-refractivity contribution in [3.63, 3.8) is 0 Å². The van der Waals surface area contributed by atoms with Gasteiger partial charge in [-0.1, -0.05) is 19.9 Å². The van der Waals surface area contributed by atoms with Gasteiger partial charge in [-0.2, -0.15) is 9.97 Å². The fourth-order valence-corrected chi connectivity index (χ4v) is 6.89. The van der Waals surface area contributed by atoms with Crippen LogP contribution in [0.1, 0.15) is 53.9 Å². The van der Waals surface area contributed by atoms with Crippen LogP contribution in [0.5, 0.6) is 23.5 Å². The molecular formula is C31H41BrN6O5. The lowest BCUT2D eigenvalue weighted by molar-refractivity contribution is 0.0990. The molecule has 1 fully saturated rings. The van der Waals surface area contributed by atoms with Gasteiger partial charge in [0.1, 0.15) is 5.75 Å². The van der Waals surface area contributed by atoms with E-state index in [1.165, 1.54) is 25.3 Å². The summed E-state index contributed by atoms with van der Waals surface area (Å²) < 4.78 is 23.8. The normalized spacial score (nSPS) is 16.5. The van der Waals surface area contributed by atoms with Crippen LogP contribution in [-0.4, -0.2) is 86.2 Å². The number of hydrogen-bond donors (Lipinski definition) is 2. The minimum Gasteiger partial charge on any atom is -0.479 e. The van der Waals surface area contributed by atoms with Crippen LogP contribution in [0.2, 0.25) is 0 Å². The van der Waals surface area contributed by atoms with Gasteiger partial charge in [0.05, 0.1) is 18.7 Å². The minimum atomic E-state index is -0.520. The lowest BCUT2D eigenvalue weighted by atomic mass is 9.86. The number of carbonyl (C=O) groups excluding carboxylic acids is 1. The number of amides is 1. The summed E-state index contributed by atoms with van der Waals surface area (Å²) in [6.45, 7) is 12.5. The molecule has 1 aliphatic carbocycles. The molecule has 1 aliphatic heterocycles. The molecule has 0 saturated carbocycles. The number of nitrogens with one attached hydrogen (secondary N) is 2. The third kappa shape index (κ3) is 6.91. The molecule has 0 atom stereocenters. The Morgan fingerprint density at radius 3 is 2.49 bits per heavy atom. The number of nitrogens with zero attached hydrogens (tertiary/aromatic N) is 4. The maximum atomic E-state index is 13.2. The molecule has 0 radical (unpaired) electrons. The monoisotopic (exact) mass is 656 g/mol. The predicted octanol–water partition coefficient (Wildman–Crippen LogP) is 5.48. The number of piperazine rings is 1. The highest BCUT2D eigenvalue weighted by Crippen LogP contribution is 2.48. The average molecular weight is 658 g/mol.